The molecular weight excluding hydrogens is 599 g/mol. The maximum atomic E-state index is 13.4. The lowest BCUT2D eigenvalue weighted by Crippen LogP contribution is -2.50. The Morgan fingerprint density at radius 1 is 1.13 bits per heavy atom. The molecule has 0 radical (unpaired) electrons. The molecular formula is C34H39N9O2S. The Kier molecular flexibility index (Phi) is 7.21. The van der Waals surface area contributed by atoms with Gasteiger partial charge in [-0.3, -0.25) is 4.98 Å². The zero-order valence-corrected chi connectivity index (χ0v) is 27.4. The number of ether oxygens (including phenoxy) is 1. The van der Waals surface area contributed by atoms with Gasteiger partial charge in [0.05, 0.1) is 41.9 Å². The molecule has 2 saturated heterocycles. The van der Waals surface area contributed by atoms with Gasteiger partial charge in [0.2, 0.25) is 0 Å². The lowest BCUT2D eigenvalue weighted by molar-refractivity contribution is -0.104. The second-order valence-corrected chi connectivity index (χ2v) is 16.0. The van der Waals surface area contributed by atoms with Crippen LogP contribution in [0.3, 0.4) is 0 Å². The summed E-state index contributed by atoms with van der Waals surface area (Å²) in [5.41, 5.74) is 6.40. The lowest BCUT2D eigenvalue weighted by Gasteiger charge is -2.44. The van der Waals surface area contributed by atoms with Gasteiger partial charge in [-0.15, -0.1) is 9.82 Å². The average molecular weight is 638 g/mol. The first-order chi connectivity index (χ1) is 22.3. The highest BCUT2D eigenvalue weighted by atomic mass is 32.2. The third kappa shape index (κ3) is 4.83. The fourth-order valence-electron chi connectivity index (χ4n) is 7.56. The quantitative estimate of drug-likeness (QED) is 0.297. The Bertz CT molecular complexity index is 1830. The Hall–Kier alpha value is -3.76. The predicted octanol–water partition coefficient (Wildman–Crippen LogP) is 5.03. The van der Waals surface area contributed by atoms with Gasteiger partial charge in [-0.05, 0) is 82.2 Å². The number of nitriles is 1. The van der Waals surface area contributed by atoms with Gasteiger partial charge in [0, 0.05) is 49.0 Å². The lowest BCUT2D eigenvalue weighted by atomic mass is 9.73. The van der Waals surface area contributed by atoms with Crippen LogP contribution >= 0.6 is 0 Å². The number of hydrogen-bond acceptors (Lipinski definition) is 10. The molecule has 4 aliphatic rings. The van der Waals surface area contributed by atoms with Crippen molar-refractivity contribution in [1.82, 2.24) is 29.5 Å². The summed E-state index contributed by atoms with van der Waals surface area (Å²) in [7, 11) is 0. The van der Waals surface area contributed by atoms with Crippen LogP contribution in [0.4, 0.5) is 17.3 Å². The largest absolute Gasteiger partial charge is 0.598 e. The van der Waals surface area contributed by atoms with E-state index in [-0.39, 0.29) is 17.7 Å². The van der Waals surface area contributed by atoms with Gasteiger partial charge >= 0.3 is 0 Å². The predicted molar refractivity (Wildman–Crippen MR) is 177 cm³/mol. The molecule has 3 aliphatic heterocycles. The molecule has 0 bridgehead atoms. The molecule has 46 heavy (non-hydrogen) atoms. The minimum Gasteiger partial charge on any atom is -0.598 e. The molecule has 1 aromatic carbocycles. The molecule has 0 saturated carbocycles. The van der Waals surface area contributed by atoms with E-state index in [0.717, 1.165) is 97.9 Å². The summed E-state index contributed by atoms with van der Waals surface area (Å²) in [6, 6.07) is 12.3. The molecule has 1 aliphatic carbocycles. The molecule has 3 aromatic heterocycles. The van der Waals surface area contributed by atoms with Crippen LogP contribution in [0.2, 0.25) is 0 Å². The van der Waals surface area contributed by atoms with Gasteiger partial charge in [-0.2, -0.15) is 5.26 Å². The normalized spacial score (nSPS) is 22.8. The first-order valence-corrected chi connectivity index (χ1v) is 17.4. The van der Waals surface area contributed by atoms with Gasteiger partial charge in [0.25, 0.3) is 0 Å². The zero-order valence-electron chi connectivity index (χ0n) is 26.6. The Morgan fingerprint density at radius 3 is 2.70 bits per heavy atom. The third-order valence-electron chi connectivity index (χ3n) is 10.2. The first-order valence-electron chi connectivity index (χ1n) is 16.3. The van der Waals surface area contributed by atoms with E-state index in [1.165, 1.54) is 5.56 Å². The number of piperidine rings is 1. The fraction of sp³-hybridized carbons (Fsp3) is 0.500. The van der Waals surface area contributed by atoms with Gasteiger partial charge in [-0.1, -0.05) is 12.1 Å². The number of benzene rings is 1. The molecule has 1 N–H and O–H groups in total. The topological polar surface area (TPSA) is 131 Å². The fourth-order valence-corrected chi connectivity index (χ4v) is 8.49. The summed E-state index contributed by atoms with van der Waals surface area (Å²) in [4.78, 5) is 19.3. The number of rotatable bonds is 5. The van der Waals surface area contributed by atoms with Crippen molar-refractivity contribution < 1.29 is 9.29 Å². The number of fused-ring (bicyclic) bond motifs is 3. The van der Waals surface area contributed by atoms with E-state index in [1.54, 1.807) is 0 Å². The minimum absolute atomic E-state index is 0.144. The summed E-state index contributed by atoms with van der Waals surface area (Å²) < 4.78 is 24.3. The van der Waals surface area contributed by atoms with Crippen LogP contribution in [-0.4, -0.2) is 60.3 Å². The molecule has 2 fully saturated rings. The molecule has 2 unspecified atom stereocenters. The standard InChI is InChI=1S/C34H39N9O2S/c1-33(2,3)46(44)40-30-28-22(7-4-8-23(28)20-35)19-34(30)12-16-41(17-13-34)26-21-37-29-31(38-26)43(27-11-18-45-27)39-32(29)42-15-6-9-24-25(42)10-5-14-36-24/h4-5,7-8,10,14,21,27,30,40H,6,9,11-13,15-19H2,1-3H3/t27?,30-,46?/m1/s1. The number of anilines is 3. The van der Waals surface area contributed by atoms with Crippen LogP contribution in [0.25, 0.3) is 11.2 Å². The third-order valence-corrected chi connectivity index (χ3v) is 11.7. The molecule has 238 valence electrons. The Labute approximate surface area is 272 Å². The zero-order chi connectivity index (χ0) is 31.6. The first kappa shape index (κ1) is 29.6. The van der Waals surface area contributed by atoms with Crippen LogP contribution < -0.4 is 14.5 Å². The minimum atomic E-state index is -1.27. The molecule has 6 heterocycles. The van der Waals surface area contributed by atoms with Crippen LogP contribution in [0.1, 0.15) is 81.1 Å². The van der Waals surface area contributed by atoms with Crippen molar-refractivity contribution in [3.05, 3.63) is 65.1 Å². The van der Waals surface area contributed by atoms with E-state index in [2.05, 4.69) is 37.7 Å². The second kappa shape index (κ2) is 11.2. The SMILES string of the molecule is CC(C)(C)[S+]([O-])N[C@@H]1c2c(C#N)cccc2CC12CCN(c1cnc3c(N4CCCc5ncccc54)nn(C4CCO4)c3n1)CC2. The van der Waals surface area contributed by atoms with Crippen molar-refractivity contribution in [2.75, 3.05) is 36.0 Å². The Balaban J connectivity index is 1.10. The van der Waals surface area contributed by atoms with Crippen molar-refractivity contribution in [2.45, 2.75) is 76.3 Å². The number of aromatic nitrogens is 5. The summed E-state index contributed by atoms with van der Waals surface area (Å²) in [5, 5.41) is 15.1. The summed E-state index contributed by atoms with van der Waals surface area (Å²) in [5.74, 6) is 1.62. The molecule has 11 nitrogen and oxygen atoms in total. The molecule has 0 amide bonds. The maximum absolute atomic E-state index is 13.4. The molecule has 1 spiro atoms. The molecule has 12 heteroatoms. The average Bonchev–Trinajstić information content (AvgIpc) is 3.54. The van der Waals surface area contributed by atoms with E-state index in [1.807, 2.05) is 56.0 Å². The van der Waals surface area contributed by atoms with Gasteiger partial charge in [0.15, 0.2) is 23.2 Å². The number of pyridine rings is 1. The molecule has 3 atom stereocenters. The van der Waals surface area contributed by atoms with E-state index in [9.17, 15) is 9.81 Å². The number of hydrogen-bond donors (Lipinski definition) is 1. The van der Waals surface area contributed by atoms with Crippen LogP contribution in [0.5, 0.6) is 0 Å². The van der Waals surface area contributed by atoms with E-state index >= 15 is 0 Å². The maximum Gasteiger partial charge on any atom is 0.183 e. The summed E-state index contributed by atoms with van der Waals surface area (Å²) in [6.07, 6.45) is 9.03. The van der Waals surface area contributed by atoms with Crippen LogP contribution in [0, 0.1) is 16.7 Å². The van der Waals surface area contributed by atoms with Crippen molar-refractivity contribution >= 4 is 39.8 Å². The number of nitrogens with zero attached hydrogens (tertiary/aromatic N) is 8. The highest BCUT2D eigenvalue weighted by molar-refractivity contribution is 7.90. The van der Waals surface area contributed by atoms with Crippen molar-refractivity contribution in [2.24, 2.45) is 5.41 Å². The van der Waals surface area contributed by atoms with Crippen LogP contribution in [0.15, 0.2) is 42.7 Å². The van der Waals surface area contributed by atoms with E-state index in [0.29, 0.717) is 12.2 Å². The number of aryl methyl sites for hydroxylation is 1. The summed E-state index contributed by atoms with van der Waals surface area (Å²) in [6.45, 7) is 9.07. The highest BCUT2D eigenvalue weighted by Gasteiger charge is 2.51. The van der Waals surface area contributed by atoms with Crippen molar-refractivity contribution in [1.29, 1.82) is 5.26 Å². The van der Waals surface area contributed by atoms with Crippen molar-refractivity contribution in [3.63, 3.8) is 0 Å². The van der Waals surface area contributed by atoms with Crippen molar-refractivity contribution in [3.8, 4) is 6.07 Å². The smallest absolute Gasteiger partial charge is 0.183 e. The van der Waals surface area contributed by atoms with Gasteiger partial charge < -0.3 is 19.1 Å². The second-order valence-electron chi connectivity index (χ2n) is 14.0. The van der Waals surface area contributed by atoms with E-state index in [4.69, 9.17) is 19.8 Å². The van der Waals surface area contributed by atoms with Crippen LogP contribution in [-0.2, 0) is 28.9 Å². The molecule has 4 aromatic rings. The monoisotopic (exact) mass is 637 g/mol. The van der Waals surface area contributed by atoms with E-state index < -0.39 is 16.1 Å². The van der Waals surface area contributed by atoms with Gasteiger partial charge in [-0.25, -0.2) is 14.6 Å². The highest BCUT2D eigenvalue weighted by Crippen LogP contribution is 2.54. The summed E-state index contributed by atoms with van der Waals surface area (Å²) >= 11 is -1.27. The Morgan fingerprint density at radius 2 is 1.96 bits per heavy atom. The number of nitrogens with one attached hydrogen (secondary N) is 1. The molecule has 8 rings (SSSR count). The van der Waals surface area contributed by atoms with Gasteiger partial charge in [0.1, 0.15) is 10.6 Å².